The van der Waals surface area contributed by atoms with Gasteiger partial charge in [-0.2, -0.15) is 0 Å². The lowest BCUT2D eigenvalue weighted by Gasteiger charge is -2.20. The summed E-state index contributed by atoms with van der Waals surface area (Å²) in [4.78, 5) is 39.5. The summed E-state index contributed by atoms with van der Waals surface area (Å²) in [6.07, 6.45) is 1.58. The van der Waals surface area contributed by atoms with Crippen LogP contribution in [0.15, 0.2) is 51.7 Å². The topological polar surface area (TPSA) is 96.6 Å². The van der Waals surface area contributed by atoms with Crippen LogP contribution in [0.25, 0.3) is 11.1 Å². The Kier molecular flexibility index (Phi) is 8.52. The Hall–Kier alpha value is -3.10. The van der Waals surface area contributed by atoms with E-state index in [4.69, 9.17) is 16.0 Å². The third kappa shape index (κ3) is 6.71. The van der Waals surface area contributed by atoms with Gasteiger partial charge in [-0.3, -0.25) is 14.2 Å². The molecule has 2 N–H and O–H groups in total. The Labute approximate surface area is 203 Å². The molecule has 3 rings (SSSR count). The van der Waals surface area contributed by atoms with Crippen molar-refractivity contribution in [2.75, 3.05) is 26.0 Å². The lowest BCUT2D eigenvalue weighted by atomic mass is 9.97. The number of benzene rings is 2. The predicted molar refractivity (Wildman–Crippen MR) is 134 cm³/mol. The van der Waals surface area contributed by atoms with Crippen LogP contribution in [0.1, 0.15) is 38.3 Å². The van der Waals surface area contributed by atoms with Crippen molar-refractivity contribution in [3.05, 3.63) is 63.6 Å². The first-order chi connectivity index (χ1) is 16.1. The van der Waals surface area contributed by atoms with E-state index in [1.54, 1.807) is 30.3 Å². The van der Waals surface area contributed by atoms with Crippen LogP contribution >= 0.6 is 11.6 Å². The third-order valence-corrected chi connectivity index (χ3v) is 5.76. The third-order valence-electron chi connectivity index (χ3n) is 5.51. The van der Waals surface area contributed by atoms with Gasteiger partial charge in [-0.05, 0) is 68.8 Å². The van der Waals surface area contributed by atoms with Gasteiger partial charge in [-0.15, -0.1) is 0 Å². The highest BCUT2D eigenvalue weighted by Crippen LogP contribution is 2.23. The zero-order valence-corrected chi connectivity index (χ0v) is 20.7. The van der Waals surface area contributed by atoms with Crippen molar-refractivity contribution < 1.29 is 14.0 Å². The normalized spacial score (nSPS) is 12.3. The van der Waals surface area contributed by atoms with Crippen LogP contribution < -0.4 is 16.4 Å². The number of carbonyl (C=O) groups excluding carboxylic acids is 2. The molecule has 0 saturated carbocycles. The van der Waals surface area contributed by atoms with Crippen LogP contribution in [0.3, 0.4) is 0 Å². The van der Waals surface area contributed by atoms with Crippen LogP contribution in [-0.4, -0.2) is 41.9 Å². The first-order valence-corrected chi connectivity index (χ1v) is 11.7. The number of rotatable bonds is 9. The predicted octanol–water partition coefficient (Wildman–Crippen LogP) is 4.04. The standard InChI is InChI=1S/C25H31ClN4O4/c1-16(2)5-11-20(17-6-8-18(26)9-7-17)28-24(32)23(31)27-19-10-12-22-21(15-19)30(25(33)34-22)14-13-29(3)4/h6-10,12,15-16,20H,5,11,13-14H2,1-4H3,(H,27,31)(H,28,32). The van der Waals surface area contributed by atoms with E-state index in [0.29, 0.717) is 47.2 Å². The van der Waals surface area contributed by atoms with Crippen LogP contribution in [0, 0.1) is 5.92 Å². The van der Waals surface area contributed by atoms with Crippen molar-refractivity contribution >= 4 is 40.2 Å². The van der Waals surface area contributed by atoms with Crippen molar-refractivity contribution in [1.82, 2.24) is 14.8 Å². The Morgan fingerprint density at radius 2 is 1.76 bits per heavy atom. The van der Waals surface area contributed by atoms with Crippen molar-refractivity contribution in [3.63, 3.8) is 0 Å². The van der Waals surface area contributed by atoms with Crippen molar-refractivity contribution in [2.45, 2.75) is 39.3 Å². The van der Waals surface area contributed by atoms with E-state index in [0.717, 1.165) is 12.0 Å². The van der Waals surface area contributed by atoms with E-state index < -0.39 is 17.6 Å². The summed E-state index contributed by atoms with van der Waals surface area (Å²) in [7, 11) is 3.83. The highest BCUT2D eigenvalue weighted by atomic mass is 35.5. The molecule has 0 bridgehead atoms. The van der Waals surface area contributed by atoms with Gasteiger partial charge < -0.3 is 20.0 Å². The average molecular weight is 487 g/mol. The molecule has 8 nitrogen and oxygen atoms in total. The van der Waals surface area contributed by atoms with Gasteiger partial charge in [-0.1, -0.05) is 37.6 Å². The van der Waals surface area contributed by atoms with Gasteiger partial charge in [0.25, 0.3) is 0 Å². The lowest BCUT2D eigenvalue weighted by molar-refractivity contribution is -0.136. The van der Waals surface area contributed by atoms with E-state index >= 15 is 0 Å². The van der Waals surface area contributed by atoms with Crippen molar-refractivity contribution in [3.8, 4) is 0 Å². The van der Waals surface area contributed by atoms with Crippen LogP contribution in [-0.2, 0) is 16.1 Å². The van der Waals surface area contributed by atoms with Gasteiger partial charge in [0.15, 0.2) is 5.58 Å². The minimum Gasteiger partial charge on any atom is -0.408 e. The summed E-state index contributed by atoms with van der Waals surface area (Å²) < 4.78 is 6.79. The minimum absolute atomic E-state index is 0.314. The van der Waals surface area contributed by atoms with E-state index in [9.17, 15) is 14.4 Å². The fraction of sp³-hybridized carbons (Fsp3) is 0.400. The molecule has 2 amide bonds. The fourth-order valence-electron chi connectivity index (χ4n) is 3.58. The van der Waals surface area contributed by atoms with Gasteiger partial charge in [-0.25, -0.2) is 4.79 Å². The summed E-state index contributed by atoms with van der Waals surface area (Å²) in [5.41, 5.74) is 2.26. The highest BCUT2D eigenvalue weighted by Gasteiger charge is 2.21. The largest absolute Gasteiger partial charge is 0.419 e. The number of aromatic nitrogens is 1. The number of hydrogen-bond acceptors (Lipinski definition) is 5. The second-order valence-electron chi connectivity index (χ2n) is 9.01. The summed E-state index contributed by atoms with van der Waals surface area (Å²) in [5, 5.41) is 6.07. The summed E-state index contributed by atoms with van der Waals surface area (Å²) in [6, 6.07) is 11.8. The van der Waals surface area contributed by atoms with Crippen molar-refractivity contribution in [2.24, 2.45) is 5.92 Å². The molecule has 0 aliphatic carbocycles. The molecule has 0 saturated heterocycles. The molecule has 0 aliphatic rings. The minimum atomic E-state index is -0.784. The zero-order chi connectivity index (χ0) is 24.8. The molecular weight excluding hydrogens is 456 g/mol. The number of amides is 2. The van der Waals surface area contributed by atoms with Gasteiger partial charge in [0, 0.05) is 23.8 Å². The van der Waals surface area contributed by atoms with Gasteiger partial charge >= 0.3 is 17.6 Å². The van der Waals surface area contributed by atoms with Crippen LogP contribution in [0.5, 0.6) is 0 Å². The molecule has 0 aliphatic heterocycles. The SMILES string of the molecule is CC(C)CCC(NC(=O)C(=O)Nc1ccc2oc(=O)n(CCN(C)C)c2c1)c1ccc(Cl)cc1. The van der Waals surface area contributed by atoms with Gasteiger partial charge in [0.2, 0.25) is 0 Å². The molecule has 182 valence electrons. The fourth-order valence-corrected chi connectivity index (χ4v) is 3.71. The smallest absolute Gasteiger partial charge is 0.408 e. The molecular formula is C25H31ClN4O4. The maximum Gasteiger partial charge on any atom is 0.419 e. The lowest BCUT2D eigenvalue weighted by Crippen LogP contribution is -2.38. The second-order valence-corrected chi connectivity index (χ2v) is 9.44. The number of nitrogens with zero attached hydrogens (tertiary/aromatic N) is 2. The Morgan fingerprint density at radius 3 is 2.41 bits per heavy atom. The monoisotopic (exact) mass is 486 g/mol. The number of halogens is 1. The molecule has 9 heteroatoms. The number of oxazole rings is 1. The number of anilines is 1. The Bertz CT molecular complexity index is 1200. The number of likely N-dealkylation sites (N-methyl/N-ethyl adjacent to an activating group) is 1. The average Bonchev–Trinajstić information content (AvgIpc) is 3.09. The molecule has 34 heavy (non-hydrogen) atoms. The van der Waals surface area contributed by atoms with Crippen LogP contribution in [0.4, 0.5) is 5.69 Å². The van der Waals surface area contributed by atoms with E-state index in [2.05, 4.69) is 24.5 Å². The number of hydrogen-bond donors (Lipinski definition) is 2. The first-order valence-electron chi connectivity index (χ1n) is 11.3. The second kappa shape index (κ2) is 11.4. The molecule has 2 aromatic carbocycles. The Morgan fingerprint density at radius 1 is 1.06 bits per heavy atom. The number of nitrogens with one attached hydrogen (secondary N) is 2. The Balaban J connectivity index is 1.74. The molecule has 0 radical (unpaired) electrons. The van der Waals surface area contributed by atoms with Gasteiger partial charge in [0.1, 0.15) is 0 Å². The molecule has 1 unspecified atom stereocenters. The zero-order valence-electron chi connectivity index (χ0n) is 19.9. The molecule has 3 aromatic rings. The van der Waals surface area contributed by atoms with E-state index in [1.165, 1.54) is 4.57 Å². The molecule has 1 heterocycles. The highest BCUT2D eigenvalue weighted by molar-refractivity contribution is 6.39. The van der Waals surface area contributed by atoms with E-state index in [-0.39, 0.29) is 6.04 Å². The quantitative estimate of drug-likeness (QED) is 0.445. The molecule has 1 aromatic heterocycles. The number of fused-ring (bicyclic) bond motifs is 1. The molecule has 0 fully saturated rings. The van der Waals surface area contributed by atoms with E-state index in [1.807, 2.05) is 31.1 Å². The maximum absolute atomic E-state index is 12.7. The molecule has 1 atom stereocenters. The maximum atomic E-state index is 12.7. The van der Waals surface area contributed by atoms with Crippen molar-refractivity contribution in [1.29, 1.82) is 0 Å². The summed E-state index contributed by atoms with van der Waals surface area (Å²) in [6.45, 7) is 5.31. The summed E-state index contributed by atoms with van der Waals surface area (Å²) in [5.74, 6) is -1.53. The molecule has 0 spiro atoms. The number of carbonyl (C=O) groups is 2. The first kappa shape index (κ1) is 25.5. The summed E-state index contributed by atoms with van der Waals surface area (Å²) >= 11 is 6.00. The van der Waals surface area contributed by atoms with Crippen LogP contribution in [0.2, 0.25) is 5.02 Å². The van der Waals surface area contributed by atoms with Gasteiger partial charge in [0.05, 0.1) is 11.6 Å².